The van der Waals surface area contributed by atoms with Crippen LogP contribution in [0, 0.1) is 5.92 Å². The van der Waals surface area contributed by atoms with Crippen molar-refractivity contribution in [2.75, 3.05) is 44.7 Å². The molecule has 0 aromatic heterocycles. The Balaban J connectivity index is 0.00000272. The molecule has 4 rings (SSSR count). The van der Waals surface area contributed by atoms with E-state index in [0.717, 1.165) is 44.2 Å². The van der Waals surface area contributed by atoms with Gasteiger partial charge in [-0.1, -0.05) is 42.5 Å². The van der Waals surface area contributed by atoms with Gasteiger partial charge in [0.1, 0.15) is 0 Å². The Hall–Kier alpha value is -2.29. The van der Waals surface area contributed by atoms with E-state index in [9.17, 15) is 4.79 Å². The Labute approximate surface area is 202 Å². The monoisotopic (exact) mass is 533 g/mol. The topological polar surface area (TPSA) is 60.0 Å². The van der Waals surface area contributed by atoms with Gasteiger partial charge in [-0.2, -0.15) is 0 Å². The fraction of sp³-hybridized carbons (Fsp3) is 0.417. The molecule has 6 nitrogen and oxygen atoms in total. The number of hydrogen-bond donors (Lipinski definition) is 2. The summed E-state index contributed by atoms with van der Waals surface area (Å²) in [7, 11) is 1.86. The normalized spacial score (nSPS) is 19.1. The zero-order chi connectivity index (χ0) is 20.8. The minimum Gasteiger partial charge on any atom is -0.360 e. The Morgan fingerprint density at radius 2 is 1.87 bits per heavy atom. The van der Waals surface area contributed by atoms with Crippen molar-refractivity contribution in [2.45, 2.75) is 19.4 Å². The van der Waals surface area contributed by atoms with Crippen molar-refractivity contribution in [1.29, 1.82) is 0 Å². The average molecular weight is 533 g/mol. The first kappa shape index (κ1) is 23.4. The highest BCUT2D eigenvalue weighted by Gasteiger charge is 2.25. The molecule has 0 saturated carbocycles. The summed E-state index contributed by atoms with van der Waals surface area (Å²) < 4.78 is 0. The molecule has 2 saturated heterocycles. The summed E-state index contributed by atoms with van der Waals surface area (Å²) in [6.45, 7) is 4.84. The highest BCUT2D eigenvalue weighted by atomic mass is 127. The molecule has 0 bridgehead atoms. The van der Waals surface area contributed by atoms with Crippen molar-refractivity contribution in [2.24, 2.45) is 10.9 Å². The fourth-order valence-corrected chi connectivity index (χ4v) is 4.34. The second-order valence-corrected chi connectivity index (χ2v) is 8.13. The molecule has 1 unspecified atom stereocenters. The van der Waals surface area contributed by atoms with Crippen LogP contribution < -0.4 is 15.5 Å². The third-order valence-electron chi connectivity index (χ3n) is 5.95. The second kappa shape index (κ2) is 11.4. The van der Waals surface area contributed by atoms with E-state index in [1.165, 1.54) is 17.5 Å². The van der Waals surface area contributed by atoms with Crippen LogP contribution in [-0.4, -0.2) is 56.5 Å². The molecule has 7 heteroatoms. The Morgan fingerprint density at radius 3 is 2.58 bits per heavy atom. The van der Waals surface area contributed by atoms with Crippen LogP contribution in [0.5, 0.6) is 0 Å². The van der Waals surface area contributed by atoms with Crippen molar-refractivity contribution in [3.05, 3.63) is 65.7 Å². The standard InChI is InChI=1S/C24H31N5O.HI/c1-25-24(29-13-11-21(17-29)15-19-5-3-2-4-6-19)27-16-20-7-9-22(10-8-20)28-14-12-26-23(30)18-28;/h2-10,21H,11-18H2,1H3,(H,25,27)(H,26,30);1H. The fourth-order valence-electron chi connectivity index (χ4n) is 4.34. The molecule has 31 heavy (non-hydrogen) atoms. The Kier molecular flexibility index (Phi) is 8.57. The Morgan fingerprint density at radius 1 is 1.10 bits per heavy atom. The molecule has 2 aliphatic rings. The van der Waals surface area contributed by atoms with Gasteiger partial charge in [0, 0.05) is 45.5 Å². The summed E-state index contributed by atoms with van der Waals surface area (Å²) in [4.78, 5) is 20.6. The number of nitrogens with zero attached hydrogens (tertiary/aromatic N) is 3. The summed E-state index contributed by atoms with van der Waals surface area (Å²) in [5.74, 6) is 1.74. The zero-order valence-corrected chi connectivity index (χ0v) is 20.4. The summed E-state index contributed by atoms with van der Waals surface area (Å²) in [5.41, 5.74) is 3.72. The van der Waals surface area contributed by atoms with Gasteiger partial charge in [-0.3, -0.25) is 9.79 Å². The molecule has 2 aromatic rings. The van der Waals surface area contributed by atoms with Crippen LogP contribution in [0.2, 0.25) is 0 Å². The number of likely N-dealkylation sites (tertiary alicyclic amines) is 1. The molecule has 1 atom stereocenters. The summed E-state index contributed by atoms with van der Waals surface area (Å²) in [6, 6.07) is 19.2. The first-order chi connectivity index (χ1) is 14.7. The van der Waals surface area contributed by atoms with Gasteiger partial charge in [0.05, 0.1) is 6.54 Å². The predicted octanol–water partition coefficient (Wildman–Crippen LogP) is 2.88. The highest BCUT2D eigenvalue weighted by molar-refractivity contribution is 14.0. The molecule has 2 aromatic carbocycles. The quantitative estimate of drug-likeness (QED) is 0.353. The Bertz CT molecular complexity index is 871. The second-order valence-electron chi connectivity index (χ2n) is 8.13. The molecule has 2 aliphatic heterocycles. The SMILES string of the molecule is CN=C(NCc1ccc(N2CCNC(=O)C2)cc1)N1CCC(Cc2ccccc2)C1.I. The molecule has 1 amide bonds. The van der Waals surface area contributed by atoms with Gasteiger partial charge in [-0.25, -0.2) is 0 Å². The van der Waals surface area contributed by atoms with Crippen LogP contribution in [-0.2, 0) is 17.8 Å². The van der Waals surface area contributed by atoms with Crippen molar-refractivity contribution in [3.8, 4) is 0 Å². The van der Waals surface area contributed by atoms with Crippen molar-refractivity contribution in [1.82, 2.24) is 15.5 Å². The van der Waals surface area contributed by atoms with Crippen molar-refractivity contribution in [3.63, 3.8) is 0 Å². The number of amides is 1. The molecule has 0 spiro atoms. The zero-order valence-electron chi connectivity index (χ0n) is 18.1. The number of nitrogens with one attached hydrogen (secondary N) is 2. The number of carbonyl (C=O) groups excluding carboxylic acids is 1. The lowest BCUT2D eigenvalue weighted by Gasteiger charge is -2.28. The van der Waals surface area contributed by atoms with E-state index >= 15 is 0 Å². The van der Waals surface area contributed by atoms with Crippen molar-refractivity contribution < 1.29 is 4.79 Å². The molecule has 2 N–H and O–H groups in total. The van der Waals surface area contributed by atoms with Crippen LogP contribution >= 0.6 is 24.0 Å². The first-order valence-electron chi connectivity index (χ1n) is 10.8. The number of benzene rings is 2. The summed E-state index contributed by atoms with van der Waals surface area (Å²) in [5, 5.41) is 6.38. The van der Waals surface area contributed by atoms with Gasteiger partial charge >= 0.3 is 0 Å². The van der Waals surface area contributed by atoms with Crippen molar-refractivity contribution >= 4 is 41.5 Å². The minimum atomic E-state index is 0. The number of piperazine rings is 1. The van der Waals surface area contributed by atoms with E-state index in [-0.39, 0.29) is 29.9 Å². The average Bonchev–Trinajstić information content (AvgIpc) is 3.23. The molecule has 0 aliphatic carbocycles. The molecule has 0 radical (unpaired) electrons. The molecule has 2 fully saturated rings. The molecule has 2 heterocycles. The maximum atomic E-state index is 11.6. The van der Waals surface area contributed by atoms with Crippen LogP contribution in [0.1, 0.15) is 17.5 Å². The molecular weight excluding hydrogens is 501 g/mol. The smallest absolute Gasteiger partial charge is 0.239 e. The third-order valence-corrected chi connectivity index (χ3v) is 5.95. The number of carbonyl (C=O) groups is 1. The number of halogens is 1. The third kappa shape index (κ3) is 6.35. The van der Waals surface area contributed by atoms with E-state index in [4.69, 9.17) is 0 Å². The van der Waals surface area contributed by atoms with E-state index in [0.29, 0.717) is 19.0 Å². The van der Waals surface area contributed by atoms with Crippen LogP contribution in [0.25, 0.3) is 0 Å². The predicted molar refractivity (Wildman–Crippen MR) is 137 cm³/mol. The van der Waals surface area contributed by atoms with Gasteiger partial charge in [0.2, 0.25) is 5.91 Å². The van der Waals surface area contributed by atoms with E-state index in [2.05, 4.69) is 80.0 Å². The van der Waals surface area contributed by atoms with Gasteiger partial charge in [-0.05, 0) is 42.0 Å². The highest BCUT2D eigenvalue weighted by Crippen LogP contribution is 2.21. The largest absolute Gasteiger partial charge is 0.360 e. The maximum absolute atomic E-state index is 11.6. The summed E-state index contributed by atoms with van der Waals surface area (Å²) in [6.07, 6.45) is 2.33. The summed E-state index contributed by atoms with van der Waals surface area (Å²) >= 11 is 0. The maximum Gasteiger partial charge on any atom is 0.239 e. The van der Waals surface area contributed by atoms with E-state index in [1.54, 1.807) is 0 Å². The van der Waals surface area contributed by atoms with Gasteiger partial charge in [-0.15, -0.1) is 24.0 Å². The number of rotatable bonds is 5. The number of aliphatic imine (C=N–C) groups is 1. The van der Waals surface area contributed by atoms with E-state index in [1.807, 2.05) is 7.05 Å². The molecular formula is C24H32IN5O. The van der Waals surface area contributed by atoms with Crippen LogP contribution in [0.3, 0.4) is 0 Å². The van der Waals surface area contributed by atoms with Gasteiger partial charge < -0.3 is 20.4 Å². The lowest BCUT2D eigenvalue weighted by Crippen LogP contribution is -2.47. The van der Waals surface area contributed by atoms with Gasteiger partial charge in [0.25, 0.3) is 0 Å². The van der Waals surface area contributed by atoms with Gasteiger partial charge in [0.15, 0.2) is 5.96 Å². The minimum absolute atomic E-state index is 0. The van der Waals surface area contributed by atoms with Crippen LogP contribution in [0.15, 0.2) is 59.6 Å². The number of anilines is 1. The van der Waals surface area contributed by atoms with Crippen LogP contribution in [0.4, 0.5) is 5.69 Å². The lowest BCUT2D eigenvalue weighted by atomic mass is 9.99. The molecule has 166 valence electrons. The number of hydrogen-bond acceptors (Lipinski definition) is 3. The lowest BCUT2D eigenvalue weighted by molar-refractivity contribution is -0.120. The number of guanidine groups is 1. The van der Waals surface area contributed by atoms with E-state index < -0.39 is 0 Å². The first-order valence-corrected chi connectivity index (χ1v) is 10.8.